The molecular weight excluding hydrogens is 286 g/mol. The summed E-state index contributed by atoms with van der Waals surface area (Å²) >= 11 is 6.38. The van der Waals surface area contributed by atoms with Crippen molar-refractivity contribution in [3.63, 3.8) is 0 Å². The zero-order chi connectivity index (χ0) is 15.8. The monoisotopic (exact) mass is 313 g/mol. The molecule has 0 spiro atoms. The van der Waals surface area contributed by atoms with Crippen LogP contribution in [0.3, 0.4) is 0 Å². The van der Waals surface area contributed by atoms with Gasteiger partial charge in [0.15, 0.2) is 11.5 Å². The van der Waals surface area contributed by atoms with Crippen LogP contribution < -0.4 is 14.8 Å². The predicted octanol–water partition coefficient (Wildman–Crippen LogP) is 4.66. The first-order chi connectivity index (χ1) is 10.0. The van der Waals surface area contributed by atoms with Crippen molar-refractivity contribution in [1.82, 2.24) is 5.32 Å². The molecule has 120 valence electrons. The van der Waals surface area contributed by atoms with Gasteiger partial charge < -0.3 is 14.8 Å². The van der Waals surface area contributed by atoms with Crippen LogP contribution in [0.2, 0.25) is 5.02 Å². The normalized spacial score (nSPS) is 11.2. The van der Waals surface area contributed by atoms with E-state index >= 15 is 0 Å². The molecule has 0 amide bonds. The minimum absolute atomic E-state index is 0.168. The summed E-state index contributed by atoms with van der Waals surface area (Å²) in [6, 6.07) is 3.95. The molecule has 0 aliphatic heterocycles. The van der Waals surface area contributed by atoms with E-state index in [1.807, 2.05) is 12.1 Å². The van der Waals surface area contributed by atoms with Crippen molar-refractivity contribution < 1.29 is 9.47 Å². The Morgan fingerprint density at radius 2 is 1.86 bits per heavy atom. The quantitative estimate of drug-likeness (QED) is 0.719. The summed E-state index contributed by atoms with van der Waals surface area (Å²) < 4.78 is 11.4. The highest BCUT2D eigenvalue weighted by molar-refractivity contribution is 6.32. The van der Waals surface area contributed by atoms with Gasteiger partial charge >= 0.3 is 0 Å². The molecule has 1 aromatic carbocycles. The van der Waals surface area contributed by atoms with Gasteiger partial charge in [0.1, 0.15) is 0 Å². The average molecular weight is 314 g/mol. The molecule has 3 nitrogen and oxygen atoms in total. The summed E-state index contributed by atoms with van der Waals surface area (Å²) in [6.07, 6.45) is 2.07. The summed E-state index contributed by atoms with van der Waals surface area (Å²) in [5, 5.41) is 4.02. The number of benzene rings is 1. The van der Waals surface area contributed by atoms with Gasteiger partial charge in [-0.15, -0.1) is 0 Å². The van der Waals surface area contributed by atoms with Crippen LogP contribution in [-0.4, -0.2) is 19.8 Å². The summed E-state index contributed by atoms with van der Waals surface area (Å²) in [4.78, 5) is 0. The maximum Gasteiger partial charge on any atom is 0.180 e. The van der Waals surface area contributed by atoms with Gasteiger partial charge in [-0.25, -0.2) is 0 Å². The van der Waals surface area contributed by atoms with Gasteiger partial charge in [-0.2, -0.15) is 0 Å². The second-order valence-corrected chi connectivity index (χ2v) is 6.10. The lowest BCUT2D eigenvalue weighted by Gasteiger charge is -2.20. The fourth-order valence-corrected chi connectivity index (χ4v) is 2.39. The van der Waals surface area contributed by atoms with Gasteiger partial charge in [0, 0.05) is 6.54 Å². The van der Waals surface area contributed by atoms with Crippen molar-refractivity contribution in [2.45, 2.75) is 53.2 Å². The number of nitrogens with one attached hydrogen (secondary N) is 1. The fourth-order valence-electron chi connectivity index (χ4n) is 2.12. The largest absolute Gasteiger partial charge is 0.493 e. The zero-order valence-corrected chi connectivity index (χ0v) is 14.6. The van der Waals surface area contributed by atoms with E-state index in [2.05, 4.69) is 33.0 Å². The molecule has 21 heavy (non-hydrogen) atoms. The Labute approximate surface area is 134 Å². The molecule has 1 N–H and O–H groups in total. The van der Waals surface area contributed by atoms with Crippen molar-refractivity contribution in [1.29, 1.82) is 0 Å². The van der Waals surface area contributed by atoms with E-state index in [0.29, 0.717) is 22.4 Å². The van der Waals surface area contributed by atoms with Crippen molar-refractivity contribution >= 4 is 11.6 Å². The Kier molecular flexibility index (Phi) is 7.91. The van der Waals surface area contributed by atoms with E-state index in [1.54, 1.807) is 7.11 Å². The molecule has 0 atom stereocenters. The van der Waals surface area contributed by atoms with Gasteiger partial charge in [0.05, 0.1) is 18.2 Å². The average Bonchev–Trinajstić information content (AvgIpc) is 2.45. The number of ether oxygens (including phenoxy) is 2. The first-order valence-electron chi connectivity index (χ1n) is 7.75. The molecule has 0 saturated heterocycles. The van der Waals surface area contributed by atoms with Crippen LogP contribution in [0.1, 0.15) is 46.1 Å². The molecule has 1 rings (SSSR count). The molecule has 0 bridgehead atoms. The highest BCUT2D eigenvalue weighted by Crippen LogP contribution is 2.37. The number of halogens is 1. The van der Waals surface area contributed by atoms with E-state index < -0.39 is 0 Å². The maximum atomic E-state index is 6.38. The van der Waals surface area contributed by atoms with Crippen LogP contribution in [0.15, 0.2) is 12.1 Å². The first-order valence-corrected chi connectivity index (χ1v) is 8.13. The van der Waals surface area contributed by atoms with Crippen LogP contribution in [0.4, 0.5) is 0 Å². The van der Waals surface area contributed by atoms with Crippen LogP contribution >= 0.6 is 11.6 Å². The Morgan fingerprint density at radius 3 is 2.38 bits per heavy atom. The van der Waals surface area contributed by atoms with E-state index in [0.717, 1.165) is 31.5 Å². The molecule has 0 unspecified atom stereocenters. The number of hydrogen-bond donors (Lipinski definition) is 1. The van der Waals surface area contributed by atoms with E-state index in [4.69, 9.17) is 21.1 Å². The Morgan fingerprint density at radius 1 is 1.19 bits per heavy atom. The summed E-state index contributed by atoms with van der Waals surface area (Å²) in [5.41, 5.74) is 1.11. The minimum Gasteiger partial charge on any atom is -0.493 e. The molecular formula is C17H28ClNO2. The number of hydrogen-bond acceptors (Lipinski definition) is 3. The lowest BCUT2D eigenvalue weighted by molar-refractivity contribution is 0.185. The lowest BCUT2D eigenvalue weighted by Crippen LogP contribution is -2.19. The molecule has 0 heterocycles. The highest BCUT2D eigenvalue weighted by Gasteiger charge is 2.15. The molecule has 0 aromatic heterocycles. The lowest BCUT2D eigenvalue weighted by atomic mass is 10.1. The molecule has 4 heteroatoms. The number of methoxy groups -OCH3 is 1. The van der Waals surface area contributed by atoms with Gasteiger partial charge in [-0.1, -0.05) is 39.3 Å². The van der Waals surface area contributed by atoms with Crippen LogP contribution in [0.25, 0.3) is 0 Å². The second-order valence-electron chi connectivity index (χ2n) is 5.69. The molecule has 1 aromatic rings. The smallest absolute Gasteiger partial charge is 0.180 e. The summed E-state index contributed by atoms with van der Waals surface area (Å²) in [7, 11) is 1.65. The fraction of sp³-hybridized carbons (Fsp3) is 0.647. The highest BCUT2D eigenvalue weighted by atomic mass is 35.5. The van der Waals surface area contributed by atoms with Gasteiger partial charge in [0.25, 0.3) is 0 Å². The summed E-state index contributed by atoms with van der Waals surface area (Å²) in [6.45, 7) is 10.4. The standard InChI is InChI=1S/C17H28ClNO2/c1-6-14(7-2)21-17-15(18)8-13(9-16(17)20-5)11-19-10-12(3)4/h8-9,12,14,19H,6-7,10-11H2,1-5H3. The van der Waals surface area contributed by atoms with Gasteiger partial charge in [0.2, 0.25) is 0 Å². The molecule has 0 radical (unpaired) electrons. The minimum atomic E-state index is 0.168. The Balaban J connectivity index is 2.86. The van der Waals surface area contributed by atoms with Crippen LogP contribution in [-0.2, 0) is 6.54 Å². The first kappa shape index (κ1) is 18.1. The van der Waals surface area contributed by atoms with E-state index in [1.165, 1.54) is 0 Å². The number of rotatable bonds is 9. The predicted molar refractivity (Wildman–Crippen MR) is 89.5 cm³/mol. The van der Waals surface area contributed by atoms with E-state index in [-0.39, 0.29) is 6.10 Å². The van der Waals surface area contributed by atoms with Crippen molar-refractivity contribution in [3.8, 4) is 11.5 Å². The SMILES string of the molecule is CCC(CC)Oc1c(Cl)cc(CNCC(C)C)cc1OC. The third-order valence-corrected chi connectivity index (χ3v) is 3.65. The van der Waals surface area contributed by atoms with Crippen molar-refractivity contribution in [2.75, 3.05) is 13.7 Å². The topological polar surface area (TPSA) is 30.5 Å². The third-order valence-electron chi connectivity index (χ3n) is 3.37. The summed E-state index contributed by atoms with van der Waals surface area (Å²) in [5.74, 6) is 1.98. The van der Waals surface area contributed by atoms with E-state index in [9.17, 15) is 0 Å². The maximum absolute atomic E-state index is 6.38. The molecule has 0 saturated carbocycles. The zero-order valence-electron chi connectivity index (χ0n) is 13.8. The van der Waals surface area contributed by atoms with Crippen molar-refractivity contribution in [3.05, 3.63) is 22.7 Å². The van der Waals surface area contributed by atoms with Crippen LogP contribution in [0.5, 0.6) is 11.5 Å². The van der Waals surface area contributed by atoms with Gasteiger partial charge in [-0.05, 0) is 43.0 Å². The van der Waals surface area contributed by atoms with Crippen LogP contribution in [0, 0.1) is 5.92 Å². The second kappa shape index (κ2) is 9.16. The third kappa shape index (κ3) is 5.76. The Bertz CT molecular complexity index is 431. The Hall–Kier alpha value is -0.930. The molecule has 0 aliphatic rings. The molecule has 0 aliphatic carbocycles. The van der Waals surface area contributed by atoms with Crippen molar-refractivity contribution in [2.24, 2.45) is 5.92 Å². The molecule has 0 fully saturated rings. The van der Waals surface area contributed by atoms with Gasteiger partial charge in [-0.3, -0.25) is 0 Å².